The Hall–Kier alpha value is -1.06. The van der Waals surface area contributed by atoms with Crippen molar-refractivity contribution in [2.24, 2.45) is 0 Å². The minimum Gasteiger partial charge on any atom is -0.394 e. The average molecular weight is 333 g/mol. The molecular formula is C15H27NO7. The highest BCUT2D eigenvalue weighted by molar-refractivity contribution is 5.77. The van der Waals surface area contributed by atoms with Crippen molar-refractivity contribution in [3.63, 3.8) is 0 Å². The lowest BCUT2D eigenvalue weighted by Gasteiger charge is -2.42. The minimum atomic E-state index is -1.32. The molecule has 1 aliphatic rings. The zero-order chi connectivity index (χ0) is 17.4. The molecule has 1 heterocycles. The summed E-state index contributed by atoms with van der Waals surface area (Å²) in [7, 11) is 0. The summed E-state index contributed by atoms with van der Waals surface area (Å²) in [6.45, 7) is 2.90. The summed E-state index contributed by atoms with van der Waals surface area (Å²) in [4.78, 5) is 22.5. The molecule has 0 aromatic carbocycles. The molecule has 1 saturated heterocycles. The van der Waals surface area contributed by atoms with Crippen molar-refractivity contribution < 1.29 is 34.4 Å². The molecule has 0 spiro atoms. The third kappa shape index (κ3) is 6.15. The first-order valence-electron chi connectivity index (χ1n) is 7.93. The van der Waals surface area contributed by atoms with E-state index in [-0.39, 0.29) is 12.4 Å². The number of carbonyl (C=O) groups is 2. The second-order valence-corrected chi connectivity index (χ2v) is 5.65. The first kappa shape index (κ1) is 20.0. The van der Waals surface area contributed by atoms with Gasteiger partial charge < -0.3 is 30.1 Å². The second-order valence-electron chi connectivity index (χ2n) is 5.65. The van der Waals surface area contributed by atoms with Crippen LogP contribution in [0.25, 0.3) is 0 Å². The predicted molar refractivity (Wildman–Crippen MR) is 80.5 cm³/mol. The molecule has 5 atom stereocenters. The Morgan fingerprint density at radius 3 is 2.48 bits per heavy atom. The summed E-state index contributed by atoms with van der Waals surface area (Å²) in [5.74, 6) is -0.205. The van der Waals surface area contributed by atoms with Crippen molar-refractivity contribution in [2.45, 2.75) is 70.2 Å². The third-order valence-corrected chi connectivity index (χ3v) is 3.78. The van der Waals surface area contributed by atoms with Gasteiger partial charge >= 0.3 is 0 Å². The summed E-state index contributed by atoms with van der Waals surface area (Å²) in [6.07, 6.45) is -2.28. The van der Waals surface area contributed by atoms with Gasteiger partial charge in [-0.05, 0) is 12.8 Å². The lowest BCUT2D eigenvalue weighted by Crippen LogP contribution is -2.64. The number of rotatable bonds is 9. The van der Waals surface area contributed by atoms with Gasteiger partial charge in [0.15, 0.2) is 6.29 Å². The van der Waals surface area contributed by atoms with Crippen molar-refractivity contribution >= 4 is 11.7 Å². The van der Waals surface area contributed by atoms with Crippen molar-refractivity contribution in [2.75, 3.05) is 13.2 Å². The van der Waals surface area contributed by atoms with Crippen LogP contribution >= 0.6 is 0 Å². The van der Waals surface area contributed by atoms with E-state index in [0.717, 1.165) is 0 Å². The number of hydrogen-bond acceptors (Lipinski definition) is 7. The number of ketones is 1. The molecule has 23 heavy (non-hydrogen) atoms. The summed E-state index contributed by atoms with van der Waals surface area (Å²) in [5.41, 5.74) is 0. The molecule has 1 fully saturated rings. The summed E-state index contributed by atoms with van der Waals surface area (Å²) in [6, 6.07) is -0.928. The molecule has 0 radical (unpaired) electrons. The molecule has 0 aromatic rings. The highest BCUT2D eigenvalue weighted by Gasteiger charge is 2.45. The Bertz CT molecular complexity index is 390. The summed E-state index contributed by atoms with van der Waals surface area (Å²) >= 11 is 0. The first-order chi connectivity index (χ1) is 10.9. The van der Waals surface area contributed by atoms with Crippen LogP contribution in [0.4, 0.5) is 0 Å². The van der Waals surface area contributed by atoms with E-state index in [1.165, 1.54) is 6.92 Å². The maximum atomic E-state index is 11.2. The number of amides is 1. The molecular weight excluding hydrogens is 306 g/mol. The van der Waals surface area contributed by atoms with Crippen LogP contribution in [0.15, 0.2) is 0 Å². The number of Topliss-reactive ketones (excluding diaryl/α,β-unsaturated/α-hetero) is 1. The Kier molecular flexibility index (Phi) is 8.64. The Labute approximate surface area is 135 Å². The van der Waals surface area contributed by atoms with E-state index in [1.807, 2.05) is 6.92 Å². The number of carbonyl (C=O) groups excluding carboxylic acids is 2. The standard InChI is InChI=1S/C15H27NO7/c1-3-10(19)6-4-5-7-22-15-12(16-9(2)18)14(21)13(20)11(8-17)23-15/h11-15,17,20-21H,3-8H2,1-2H3,(H,16,18). The molecule has 1 aliphatic heterocycles. The zero-order valence-corrected chi connectivity index (χ0v) is 13.6. The number of aliphatic hydroxyl groups is 3. The quantitative estimate of drug-likeness (QED) is 0.403. The van der Waals surface area contributed by atoms with E-state index >= 15 is 0 Å². The lowest BCUT2D eigenvalue weighted by atomic mass is 9.97. The Balaban J connectivity index is 2.53. The van der Waals surface area contributed by atoms with E-state index in [4.69, 9.17) is 9.47 Å². The lowest BCUT2D eigenvalue weighted by molar-refractivity contribution is -0.270. The Morgan fingerprint density at radius 2 is 1.91 bits per heavy atom. The van der Waals surface area contributed by atoms with Crippen LogP contribution in [0.5, 0.6) is 0 Å². The second kappa shape index (κ2) is 9.94. The smallest absolute Gasteiger partial charge is 0.217 e. The van der Waals surface area contributed by atoms with Crippen molar-refractivity contribution in [1.82, 2.24) is 5.32 Å². The average Bonchev–Trinajstić information content (AvgIpc) is 2.52. The maximum absolute atomic E-state index is 11.2. The van der Waals surface area contributed by atoms with Crippen LogP contribution in [0.3, 0.4) is 0 Å². The van der Waals surface area contributed by atoms with Crippen LogP contribution in [0.2, 0.25) is 0 Å². The van der Waals surface area contributed by atoms with Gasteiger partial charge in [-0.2, -0.15) is 0 Å². The van der Waals surface area contributed by atoms with E-state index in [0.29, 0.717) is 25.7 Å². The first-order valence-corrected chi connectivity index (χ1v) is 7.93. The Morgan fingerprint density at radius 1 is 1.22 bits per heavy atom. The molecule has 0 aliphatic carbocycles. The molecule has 0 aromatic heterocycles. The molecule has 0 saturated carbocycles. The van der Waals surface area contributed by atoms with E-state index in [9.17, 15) is 24.9 Å². The molecule has 8 nitrogen and oxygen atoms in total. The molecule has 1 amide bonds. The van der Waals surface area contributed by atoms with Gasteiger partial charge in [0, 0.05) is 26.4 Å². The highest BCUT2D eigenvalue weighted by atomic mass is 16.7. The molecule has 0 bridgehead atoms. The van der Waals surface area contributed by atoms with Crippen LogP contribution in [-0.2, 0) is 19.1 Å². The minimum absolute atomic E-state index is 0.189. The van der Waals surface area contributed by atoms with Gasteiger partial charge in [-0.3, -0.25) is 9.59 Å². The summed E-state index contributed by atoms with van der Waals surface area (Å²) < 4.78 is 10.9. The normalized spacial score (nSPS) is 30.9. The van der Waals surface area contributed by atoms with Crippen LogP contribution < -0.4 is 5.32 Å². The molecule has 1 rings (SSSR count). The zero-order valence-electron chi connectivity index (χ0n) is 13.6. The van der Waals surface area contributed by atoms with Crippen LogP contribution in [0.1, 0.15) is 39.5 Å². The third-order valence-electron chi connectivity index (χ3n) is 3.78. The van der Waals surface area contributed by atoms with Gasteiger partial charge in [0.1, 0.15) is 30.1 Å². The van der Waals surface area contributed by atoms with Crippen molar-refractivity contribution in [3.8, 4) is 0 Å². The van der Waals surface area contributed by atoms with E-state index < -0.39 is 43.2 Å². The topological polar surface area (TPSA) is 125 Å². The van der Waals surface area contributed by atoms with E-state index in [2.05, 4.69) is 5.32 Å². The van der Waals surface area contributed by atoms with Gasteiger partial charge in [-0.15, -0.1) is 0 Å². The SMILES string of the molecule is CCC(=O)CCCCOC1OC(CO)C(O)C(O)C1NC(C)=O. The molecule has 134 valence electrons. The largest absolute Gasteiger partial charge is 0.394 e. The number of unbranched alkanes of at least 4 members (excludes halogenated alkanes) is 1. The van der Waals surface area contributed by atoms with Crippen molar-refractivity contribution in [3.05, 3.63) is 0 Å². The van der Waals surface area contributed by atoms with Gasteiger partial charge in [-0.25, -0.2) is 0 Å². The maximum Gasteiger partial charge on any atom is 0.217 e. The fourth-order valence-electron chi connectivity index (χ4n) is 2.41. The van der Waals surface area contributed by atoms with Gasteiger partial charge in [0.25, 0.3) is 0 Å². The molecule has 5 unspecified atom stereocenters. The molecule has 8 heteroatoms. The van der Waals surface area contributed by atoms with Gasteiger partial charge in [-0.1, -0.05) is 6.92 Å². The highest BCUT2D eigenvalue weighted by Crippen LogP contribution is 2.22. The monoisotopic (exact) mass is 333 g/mol. The fourth-order valence-corrected chi connectivity index (χ4v) is 2.41. The van der Waals surface area contributed by atoms with Gasteiger partial charge in [0.2, 0.25) is 5.91 Å². The predicted octanol–water partition coefficient (Wildman–Crippen LogP) is -0.904. The number of aliphatic hydroxyl groups excluding tert-OH is 3. The fraction of sp³-hybridized carbons (Fsp3) is 0.867. The van der Waals surface area contributed by atoms with Crippen LogP contribution in [-0.4, -0.2) is 70.9 Å². The molecule has 4 N–H and O–H groups in total. The van der Waals surface area contributed by atoms with E-state index in [1.54, 1.807) is 0 Å². The van der Waals surface area contributed by atoms with Crippen LogP contribution in [0, 0.1) is 0 Å². The number of hydrogen-bond donors (Lipinski definition) is 4. The van der Waals surface area contributed by atoms with Crippen molar-refractivity contribution in [1.29, 1.82) is 0 Å². The number of nitrogens with one attached hydrogen (secondary N) is 1. The summed E-state index contributed by atoms with van der Waals surface area (Å²) in [5, 5.41) is 31.6. The van der Waals surface area contributed by atoms with Gasteiger partial charge in [0.05, 0.1) is 6.61 Å². The number of ether oxygens (including phenoxy) is 2.